The van der Waals surface area contributed by atoms with E-state index in [0.29, 0.717) is 19.3 Å². The van der Waals surface area contributed by atoms with Crippen LogP contribution in [0.5, 0.6) is 0 Å². The Morgan fingerprint density at radius 1 is 0.322 bits per heavy atom. The first-order valence-electron chi connectivity index (χ1n) is 26.2. The van der Waals surface area contributed by atoms with E-state index in [2.05, 4.69) is 34.6 Å². The highest BCUT2D eigenvalue weighted by atomic mass is 16.6. The largest absolute Gasteiger partial charge is 0.462 e. The first-order valence-corrected chi connectivity index (χ1v) is 26.2. The van der Waals surface area contributed by atoms with Crippen molar-refractivity contribution in [3.05, 3.63) is 0 Å². The van der Waals surface area contributed by atoms with E-state index in [0.717, 1.165) is 69.6 Å². The minimum atomic E-state index is -0.762. The average molecular weight is 835 g/mol. The summed E-state index contributed by atoms with van der Waals surface area (Å²) in [7, 11) is 0. The second-order valence-corrected chi connectivity index (χ2v) is 19.1. The van der Waals surface area contributed by atoms with Crippen LogP contribution < -0.4 is 0 Å². The smallest absolute Gasteiger partial charge is 0.306 e. The first kappa shape index (κ1) is 57.4. The van der Waals surface area contributed by atoms with E-state index in [1.807, 2.05) is 0 Å². The van der Waals surface area contributed by atoms with E-state index in [9.17, 15) is 14.4 Å². The first-order chi connectivity index (χ1) is 28.7. The molecule has 0 aromatic rings. The predicted molar refractivity (Wildman–Crippen MR) is 252 cm³/mol. The highest BCUT2D eigenvalue weighted by molar-refractivity contribution is 5.71. The van der Waals surface area contributed by atoms with Crippen LogP contribution in [0, 0.1) is 11.8 Å². The summed E-state index contributed by atoms with van der Waals surface area (Å²) in [5, 5.41) is 0. The maximum atomic E-state index is 12.8. The van der Waals surface area contributed by atoms with E-state index in [-0.39, 0.29) is 31.1 Å². The van der Waals surface area contributed by atoms with Gasteiger partial charge in [0.2, 0.25) is 0 Å². The molecule has 0 spiro atoms. The summed E-state index contributed by atoms with van der Waals surface area (Å²) in [5.74, 6) is 0.758. The number of hydrogen-bond acceptors (Lipinski definition) is 6. The lowest BCUT2D eigenvalue weighted by atomic mass is 10.0. The number of unbranched alkanes of at least 4 members (excludes halogenated alkanes) is 32. The van der Waals surface area contributed by atoms with Gasteiger partial charge in [0, 0.05) is 19.3 Å². The molecule has 0 aromatic carbocycles. The van der Waals surface area contributed by atoms with Gasteiger partial charge in [-0.2, -0.15) is 0 Å². The van der Waals surface area contributed by atoms with Crippen LogP contribution in [0.2, 0.25) is 0 Å². The predicted octanol–water partition coefficient (Wildman–Crippen LogP) is 16.9. The van der Waals surface area contributed by atoms with Gasteiger partial charge in [-0.1, -0.05) is 253 Å². The molecule has 0 saturated carbocycles. The molecule has 0 saturated heterocycles. The minimum absolute atomic E-state index is 0.0643. The number of carbonyl (C=O) groups excluding carboxylic acids is 3. The Labute approximate surface area is 368 Å². The van der Waals surface area contributed by atoms with Gasteiger partial charge < -0.3 is 14.2 Å². The molecule has 0 bridgehead atoms. The molecule has 0 aromatic heterocycles. The molecule has 0 N–H and O–H groups in total. The second-order valence-electron chi connectivity index (χ2n) is 19.1. The van der Waals surface area contributed by atoms with Crippen molar-refractivity contribution in [2.24, 2.45) is 11.8 Å². The third-order valence-corrected chi connectivity index (χ3v) is 12.0. The van der Waals surface area contributed by atoms with Gasteiger partial charge in [-0.15, -0.1) is 0 Å². The Kier molecular flexibility index (Phi) is 44.7. The average Bonchev–Trinajstić information content (AvgIpc) is 3.20. The molecule has 6 heteroatoms. The van der Waals surface area contributed by atoms with Crippen LogP contribution >= 0.6 is 0 Å². The molecular formula is C53H102O6. The van der Waals surface area contributed by atoms with E-state index in [4.69, 9.17) is 14.2 Å². The Hall–Kier alpha value is -1.59. The van der Waals surface area contributed by atoms with Gasteiger partial charge in [0.05, 0.1) is 0 Å². The van der Waals surface area contributed by atoms with E-state index < -0.39 is 6.10 Å². The SMILES string of the molecule is CCCCCCCCCCCCCCCCCCCC(=O)O[C@@H](COC(=O)CCCCCCCCCCCCCC(C)C)COC(=O)CCCCCCCCCC(C)C. The van der Waals surface area contributed by atoms with Crippen molar-refractivity contribution in [3.63, 3.8) is 0 Å². The molecule has 0 aliphatic heterocycles. The maximum Gasteiger partial charge on any atom is 0.306 e. The number of rotatable bonds is 47. The molecule has 0 aliphatic carbocycles. The van der Waals surface area contributed by atoms with Crippen LogP contribution in [0.4, 0.5) is 0 Å². The number of hydrogen-bond donors (Lipinski definition) is 0. The summed E-state index contributed by atoms with van der Waals surface area (Å²) in [6.07, 6.45) is 46.7. The fourth-order valence-corrected chi connectivity index (χ4v) is 7.99. The van der Waals surface area contributed by atoms with E-state index >= 15 is 0 Å². The summed E-state index contributed by atoms with van der Waals surface area (Å²) < 4.78 is 16.8. The van der Waals surface area contributed by atoms with Crippen molar-refractivity contribution < 1.29 is 28.6 Å². The molecule has 0 heterocycles. The molecule has 0 amide bonds. The molecule has 0 fully saturated rings. The van der Waals surface area contributed by atoms with Crippen LogP contribution in [-0.2, 0) is 28.6 Å². The molecule has 0 aliphatic rings. The molecular weight excluding hydrogens is 733 g/mol. The van der Waals surface area contributed by atoms with E-state index in [1.54, 1.807) is 0 Å². The minimum Gasteiger partial charge on any atom is -0.462 e. The normalized spacial score (nSPS) is 12.1. The highest BCUT2D eigenvalue weighted by Crippen LogP contribution is 2.17. The number of carbonyl (C=O) groups is 3. The lowest BCUT2D eigenvalue weighted by Crippen LogP contribution is -2.30. The Morgan fingerprint density at radius 2 is 0.559 bits per heavy atom. The standard InChI is InChI=1S/C53H102O6/c1-6-7-8-9-10-11-12-13-14-15-16-17-20-24-29-35-40-45-53(56)59-50(47-58-52(55)44-39-34-30-25-27-32-37-42-49(4)5)46-57-51(54)43-38-33-28-23-21-18-19-22-26-31-36-41-48(2)3/h48-50H,6-47H2,1-5H3/t50-/m0/s1. The lowest BCUT2D eigenvalue weighted by molar-refractivity contribution is -0.167. The van der Waals surface area contributed by atoms with Crippen molar-refractivity contribution in [1.29, 1.82) is 0 Å². The lowest BCUT2D eigenvalue weighted by Gasteiger charge is -2.18. The summed E-state index contributed by atoms with van der Waals surface area (Å²) in [6, 6.07) is 0. The fourth-order valence-electron chi connectivity index (χ4n) is 7.99. The zero-order valence-corrected chi connectivity index (χ0v) is 40.4. The molecule has 1 atom stereocenters. The van der Waals surface area contributed by atoms with Crippen molar-refractivity contribution in [1.82, 2.24) is 0 Å². The molecule has 0 radical (unpaired) electrons. The zero-order valence-electron chi connectivity index (χ0n) is 40.4. The fraction of sp³-hybridized carbons (Fsp3) is 0.943. The van der Waals surface area contributed by atoms with Crippen LogP contribution in [0.3, 0.4) is 0 Å². The summed E-state index contributed by atoms with van der Waals surface area (Å²) in [5.41, 5.74) is 0. The van der Waals surface area contributed by atoms with Gasteiger partial charge in [0.1, 0.15) is 13.2 Å². The van der Waals surface area contributed by atoms with Gasteiger partial charge in [0.25, 0.3) is 0 Å². The van der Waals surface area contributed by atoms with Crippen molar-refractivity contribution in [2.45, 2.75) is 298 Å². The van der Waals surface area contributed by atoms with Crippen LogP contribution in [-0.4, -0.2) is 37.2 Å². The number of esters is 3. The quantitative estimate of drug-likeness (QED) is 0.0345. The maximum absolute atomic E-state index is 12.8. The molecule has 6 nitrogen and oxygen atoms in total. The summed E-state index contributed by atoms with van der Waals surface area (Å²) in [6.45, 7) is 11.3. The third kappa shape index (κ3) is 47.3. The monoisotopic (exact) mass is 835 g/mol. The second kappa shape index (κ2) is 45.9. The highest BCUT2D eigenvalue weighted by Gasteiger charge is 2.19. The summed E-state index contributed by atoms with van der Waals surface area (Å²) >= 11 is 0. The Morgan fingerprint density at radius 3 is 0.831 bits per heavy atom. The van der Waals surface area contributed by atoms with Crippen LogP contribution in [0.15, 0.2) is 0 Å². The Bertz CT molecular complexity index is 900. The van der Waals surface area contributed by atoms with Gasteiger partial charge in [0.15, 0.2) is 6.10 Å². The number of ether oxygens (including phenoxy) is 3. The topological polar surface area (TPSA) is 78.9 Å². The third-order valence-electron chi connectivity index (χ3n) is 12.0. The van der Waals surface area contributed by atoms with E-state index in [1.165, 1.54) is 180 Å². The van der Waals surface area contributed by atoms with Crippen LogP contribution in [0.1, 0.15) is 291 Å². The van der Waals surface area contributed by atoms with Crippen molar-refractivity contribution >= 4 is 17.9 Å². The van der Waals surface area contributed by atoms with Gasteiger partial charge in [-0.3, -0.25) is 14.4 Å². The van der Waals surface area contributed by atoms with Crippen molar-refractivity contribution in [2.75, 3.05) is 13.2 Å². The molecule has 0 rings (SSSR count). The zero-order chi connectivity index (χ0) is 43.3. The molecule has 350 valence electrons. The summed E-state index contributed by atoms with van der Waals surface area (Å²) in [4.78, 5) is 37.9. The van der Waals surface area contributed by atoms with Crippen molar-refractivity contribution in [3.8, 4) is 0 Å². The van der Waals surface area contributed by atoms with Crippen LogP contribution in [0.25, 0.3) is 0 Å². The van der Waals surface area contributed by atoms with Gasteiger partial charge >= 0.3 is 17.9 Å². The molecule has 0 unspecified atom stereocenters. The van der Waals surface area contributed by atoms with Gasteiger partial charge in [-0.25, -0.2) is 0 Å². The van der Waals surface area contributed by atoms with Gasteiger partial charge in [-0.05, 0) is 31.1 Å². The molecule has 59 heavy (non-hydrogen) atoms. The Balaban J connectivity index is 4.28.